The first-order valence-corrected chi connectivity index (χ1v) is 6.44. The van der Waals surface area contributed by atoms with Gasteiger partial charge in [-0.1, -0.05) is 11.8 Å². The van der Waals surface area contributed by atoms with E-state index in [4.69, 9.17) is 15.7 Å². The fraction of sp³-hybridized carbons (Fsp3) is 0.333. The Bertz CT molecular complexity index is 643. The van der Waals surface area contributed by atoms with Crippen molar-refractivity contribution in [3.05, 3.63) is 35.1 Å². The number of amides is 1. The van der Waals surface area contributed by atoms with Gasteiger partial charge in [-0.15, -0.1) is 0 Å². The first-order valence-electron chi connectivity index (χ1n) is 6.44. The van der Waals surface area contributed by atoms with Gasteiger partial charge in [-0.05, 0) is 18.2 Å². The van der Waals surface area contributed by atoms with E-state index in [-0.39, 0.29) is 25.3 Å². The average molecular weight is 287 g/mol. The van der Waals surface area contributed by atoms with E-state index in [1.165, 1.54) is 23.1 Å². The first kappa shape index (κ1) is 15.0. The number of morpholine rings is 1. The van der Waals surface area contributed by atoms with Gasteiger partial charge in [0.1, 0.15) is 5.82 Å². The van der Waals surface area contributed by atoms with Crippen molar-refractivity contribution in [3.8, 4) is 17.9 Å². The quantitative estimate of drug-likeness (QED) is 0.763. The van der Waals surface area contributed by atoms with E-state index in [1.807, 2.05) is 6.07 Å². The molecule has 5 nitrogen and oxygen atoms in total. The highest BCUT2D eigenvalue weighted by molar-refractivity contribution is 5.95. The Balaban J connectivity index is 2.24. The monoisotopic (exact) mass is 287 g/mol. The fourth-order valence-electron chi connectivity index (χ4n) is 2.00. The maximum Gasteiger partial charge on any atom is 0.257 e. The predicted molar refractivity (Wildman–Crippen MR) is 73.6 cm³/mol. The molecule has 1 fully saturated rings. The normalized spacial score (nSPS) is 17.6. The lowest BCUT2D eigenvalue weighted by molar-refractivity contribution is 0.00326. The SMILES string of the molecule is N#CC1CN(C(=O)c2cc(C#CCN)ccc2F)CCO1. The Kier molecular flexibility index (Phi) is 4.89. The van der Waals surface area contributed by atoms with Crippen molar-refractivity contribution < 1.29 is 13.9 Å². The molecule has 1 aliphatic rings. The number of halogens is 1. The van der Waals surface area contributed by atoms with Gasteiger partial charge in [-0.25, -0.2) is 4.39 Å². The van der Waals surface area contributed by atoms with Crippen LogP contribution in [0.4, 0.5) is 4.39 Å². The molecule has 1 saturated heterocycles. The average Bonchev–Trinajstić information content (AvgIpc) is 2.53. The van der Waals surface area contributed by atoms with Gasteiger partial charge in [0.2, 0.25) is 0 Å². The summed E-state index contributed by atoms with van der Waals surface area (Å²) in [4.78, 5) is 13.8. The standard InChI is InChI=1S/C15H14FN3O2/c16-14-4-3-11(2-1-5-17)8-13(14)15(20)19-6-7-21-12(9-18)10-19/h3-4,8,12H,5-7,10,17H2. The summed E-state index contributed by atoms with van der Waals surface area (Å²) >= 11 is 0. The van der Waals surface area contributed by atoms with Gasteiger partial charge >= 0.3 is 0 Å². The van der Waals surface area contributed by atoms with Crippen LogP contribution in [-0.2, 0) is 4.74 Å². The van der Waals surface area contributed by atoms with E-state index in [0.29, 0.717) is 12.1 Å². The molecule has 1 heterocycles. The summed E-state index contributed by atoms with van der Waals surface area (Å²) in [6, 6.07) is 6.04. The van der Waals surface area contributed by atoms with Crippen molar-refractivity contribution >= 4 is 5.91 Å². The molecule has 0 saturated carbocycles. The number of nitrogens with zero attached hydrogens (tertiary/aromatic N) is 2. The summed E-state index contributed by atoms with van der Waals surface area (Å²) in [5.74, 6) is 4.34. The minimum Gasteiger partial charge on any atom is -0.360 e. The van der Waals surface area contributed by atoms with Gasteiger partial charge in [-0.2, -0.15) is 5.26 Å². The van der Waals surface area contributed by atoms with Crippen LogP contribution in [0.3, 0.4) is 0 Å². The van der Waals surface area contributed by atoms with Gasteiger partial charge in [0.25, 0.3) is 5.91 Å². The Morgan fingerprint density at radius 2 is 2.38 bits per heavy atom. The minimum atomic E-state index is -0.675. The Morgan fingerprint density at radius 1 is 1.57 bits per heavy atom. The van der Waals surface area contributed by atoms with E-state index >= 15 is 0 Å². The molecule has 0 radical (unpaired) electrons. The molecule has 0 spiro atoms. The topological polar surface area (TPSA) is 79.4 Å². The van der Waals surface area contributed by atoms with Crippen molar-refractivity contribution in [1.29, 1.82) is 5.26 Å². The number of nitriles is 1. The lowest BCUT2D eigenvalue weighted by atomic mass is 10.1. The number of benzene rings is 1. The molecule has 1 aliphatic heterocycles. The van der Waals surface area contributed by atoms with Crippen LogP contribution in [0.25, 0.3) is 0 Å². The molecule has 0 aromatic heterocycles. The lowest BCUT2D eigenvalue weighted by Crippen LogP contribution is -2.45. The molecular formula is C15H14FN3O2. The summed E-state index contributed by atoms with van der Waals surface area (Å²) in [6.07, 6.45) is -0.675. The zero-order valence-corrected chi connectivity index (χ0v) is 11.3. The van der Waals surface area contributed by atoms with Crippen LogP contribution in [0.1, 0.15) is 15.9 Å². The minimum absolute atomic E-state index is 0.0580. The summed E-state index contributed by atoms with van der Waals surface area (Å²) < 4.78 is 19.0. The molecule has 0 aliphatic carbocycles. The van der Waals surface area contributed by atoms with Crippen LogP contribution in [-0.4, -0.2) is 43.2 Å². The summed E-state index contributed by atoms with van der Waals surface area (Å²) in [5, 5.41) is 8.84. The molecule has 6 heteroatoms. The van der Waals surface area contributed by atoms with Gasteiger partial charge in [0.05, 0.1) is 31.3 Å². The van der Waals surface area contributed by atoms with Crippen LogP contribution in [0.15, 0.2) is 18.2 Å². The molecule has 108 valence electrons. The Labute approximate surface area is 122 Å². The maximum absolute atomic E-state index is 13.9. The molecule has 2 rings (SSSR count). The third-order valence-corrected chi connectivity index (χ3v) is 3.03. The summed E-state index contributed by atoms with van der Waals surface area (Å²) in [6.45, 7) is 0.912. The third-order valence-electron chi connectivity index (χ3n) is 3.03. The molecule has 2 N–H and O–H groups in total. The van der Waals surface area contributed by atoms with Crippen molar-refractivity contribution in [2.45, 2.75) is 6.10 Å². The maximum atomic E-state index is 13.9. The highest BCUT2D eigenvalue weighted by Crippen LogP contribution is 2.15. The van der Waals surface area contributed by atoms with Crippen molar-refractivity contribution in [1.82, 2.24) is 4.90 Å². The van der Waals surface area contributed by atoms with Crippen molar-refractivity contribution in [2.75, 3.05) is 26.2 Å². The van der Waals surface area contributed by atoms with Crippen molar-refractivity contribution in [3.63, 3.8) is 0 Å². The van der Waals surface area contributed by atoms with Crippen LogP contribution < -0.4 is 5.73 Å². The fourth-order valence-corrected chi connectivity index (χ4v) is 2.00. The molecule has 1 amide bonds. The lowest BCUT2D eigenvalue weighted by Gasteiger charge is -2.29. The second kappa shape index (κ2) is 6.85. The molecule has 21 heavy (non-hydrogen) atoms. The third kappa shape index (κ3) is 3.57. The number of hydrogen-bond donors (Lipinski definition) is 1. The number of hydrogen-bond acceptors (Lipinski definition) is 4. The van der Waals surface area contributed by atoms with Gasteiger partial charge in [0, 0.05) is 12.1 Å². The van der Waals surface area contributed by atoms with Crippen LogP contribution >= 0.6 is 0 Å². The Hall–Kier alpha value is -2.41. The van der Waals surface area contributed by atoms with E-state index in [9.17, 15) is 9.18 Å². The van der Waals surface area contributed by atoms with Gasteiger partial charge in [-0.3, -0.25) is 4.79 Å². The van der Waals surface area contributed by atoms with E-state index in [0.717, 1.165) is 0 Å². The zero-order chi connectivity index (χ0) is 15.2. The summed E-state index contributed by atoms with van der Waals surface area (Å²) in [5.41, 5.74) is 5.75. The highest BCUT2D eigenvalue weighted by Gasteiger charge is 2.26. The van der Waals surface area contributed by atoms with Crippen LogP contribution in [0, 0.1) is 29.0 Å². The van der Waals surface area contributed by atoms with E-state index < -0.39 is 17.8 Å². The number of carbonyl (C=O) groups excluding carboxylic acids is 1. The predicted octanol–water partition coefficient (Wildman–Crippen LogP) is 0.500. The van der Waals surface area contributed by atoms with Gasteiger partial charge in [0.15, 0.2) is 6.10 Å². The van der Waals surface area contributed by atoms with Crippen LogP contribution in [0.5, 0.6) is 0 Å². The zero-order valence-electron chi connectivity index (χ0n) is 11.3. The van der Waals surface area contributed by atoms with E-state index in [2.05, 4.69) is 11.8 Å². The number of carbonyl (C=O) groups is 1. The highest BCUT2D eigenvalue weighted by atomic mass is 19.1. The molecule has 1 unspecified atom stereocenters. The number of ether oxygens (including phenoxy) is 1. The largest absolute Gasteiger partial charge is 0.360 e. The van der Waals surface area contributed by atoms with Crippen molar-refractivity contribution in [2.24, 2.45) is 5.73 Å². The van der Waals surface area contributed by atoms with E-state index in [1.54, 1.807) is 0 Å². The number of rotatable bonds is 1. The Morgan fingerprint density at radius 3 is 3.10 bits per heavy atom. The molecule has 1 aromatic rings. The molecule has 0 bridgehead atoms. The molecule has 1 atom stereocenters. The smallest absolute Gasteiger partial charge is 0.257 e. The van der Waals surface area contributed by atoms with Crippen LogP contribution in [0.2, 0.25) is 0 Å². The van der Waals surface area contributed by atoms with Gasteiger partial charge < -0.3 is 15.4 Å². The second-order valence-electron chi connectivity index (χ2n) is 4.44. The molecular weight excluding hydrogens is 273 g/mol. The number of nitrogens with two attached hydrogens (primary N) is 1. The summed E-state index contributed by atoms with van der Waals surface area (Å²) in [7, 11) is 0. The second-order valence-corrected chi connectivity index (χ2v) is 4.44. The first-order chi connectivity index (χ1) is 10.2. The molecule has 1 aromatic carbocycles.